The molecular weight excluding hydrogens is 282 g/mol. The van der Waals surface area contributed by atoms with Gasteiger partial charge in [-0.2, -0.15) is 5.26 Å². The van der Waals surface area contributed by atoms with Crippen molar-refractivity contribution in [2.24, 2.45) is 0 Å². The second-order valence-corrected chi connectivity index (χ2v) is 5.99. The van der Waals surface area contributed by atoms with Gasteiger partial charge in [0.15, 0.2) is 0 Å². The highest BCUT2D eigenvalue weighted by atomic mass is 32.1. The van der Waals surface area contributed by atoms with Crippen LogP contribution in [-0.2, 0) is 13.0 Å². The molecule has 0 saturated heterocycles. The molecule has 110 valence electrons. The molecule has 0 atom stereocenters. The summed E-state index contributed by atoms with van der Waals surface area (Å²) in [6.07, 6.45) is 0.441. The minimum absolute atomic E-state index is 0.441. The van der Waals surface area contributed by atoms with Gasteiger partial charge in [-0.3, -0.25) is 4.90 Å². The zero-order chi connectivity index (χ0) is 15.1. The Balaban J connectivity index is 1.72. The third-order valence-corrected chi connectivity index (χ3v) is 3.87. The quantitative estimate of drug-likeness (QED) is 0.789. The Hall–Kier alpha value is -1.90. The van der Waals surface area contributed by atoms with E-state index in [2.05, 4.69) is 28.4 Å². The van der Waals surface area contributed by atoms with Crippen molar-refractivity contribution in [1.82, 2.24) is 9.88 Å². The fourth-order valence-corrected chi connectivity index (χ4v) is 2.55. The highest BCUT2D eigenvalue weighted by molar-refractivity contribution is 7.09. The summed E-state index contributed by atoms with van der Waals surface area (Å²) < 4.78 is 5.71. The van der Waals surface area contributed by atoms with Gasteiger partial charge in [-0.05, 0) is 31.7 Å². The maximum absolute atomic E-state index is 8.62. The Kier molecular flexibility index (Phi) is 5.73. The molecule has 0 bridgehead atoms. The van der Waals surface area contributed by atoms with Crippen molar-refractivity contribution in [3.05, 3.63) is 45.9 Å². The van der Waals surface area contributed by atoms with Gasteiger partial charge < -0.3 is 4.74 Å². The van der Waals surface area contributed by atoms with E-state index in [1.54, 1.807) is 11.3 Å². The largest absolute Gasteiger partial charge is 0.492 e. The number of aryl methyl sites for hydroxylation is 1. The fraction of sp³-hybridized carbons (Fsp3) is 0.375. The van der Waals surface area contributed by atoms with Crippen LogP contribution < -0.4 is 4.74 Å². The first-order chi connectivity index (χ1) is 10.2. The summed E-state index contributed by atoms with van der Waals surface area (Å²) in [4.78, 5) is 6.65. The first-order valence-electron chi connectivity index (χ1n) is 6.85. The lowest BCUT2D eigenvalue weighted by Crippen LogP contribution is -2.24. The topological polar surface area (TPSA) is 49.2 Å². The first kappa shape index (κ1) is 15.5. The molecule has 0 aliphatic rings. The van der Waals surface area contributed by atoms with Gasteiger partial charge in [-0.25, -0.2) is 4.98 Å². The van der Waals surface area contributed by atoms with Crippen molar-refractivity contribution in [1.29, 1.82) is 5.26 Å². The highest BCUT2D eigenvalue weighted by Gasteiger charge is 2.04. The van der Waals surface area contributed by atoms with Crippen LogP contribution in [0.4, 0.5) is 0 Å². The normalized spacial score (nSPS) is 10.6. The molecule has 21 heavy (non-hydrogen) atoms. The molecular formula is C16H19N3OS. The van der Waals surface area contributed by atoms with Crippen molar-refractivity contribution in [3.63, 3.8) is 0 Å². The molecule has 0 saturated carbocycles. The number of hydrogen-bond donors (Lipinski definition) is 0. The first-order valence-corrected chi connectivity index (χ1v) is 7.73. The molecule has 0 radical (unpaired) electrons. The van der Waals surface area contributed by atoms with E-state index < -0.39 is 0 Å². The molecule has 1 aromatic heterocycles. The van der Waals surface area contributed by atoms with E-state index in [0.717, 1.165) is 35.1 Å². The molecule has 0 aliphatic heterocycles. The molecule has 1 aromatic carbocycles. The molecule has 0 fully saturated rings. The summed E-state index contributed by atoms with van der Waals surface area (Å²) in [7, 11) is 2.06. The van der Waals surface area contributed by atoms with Crippen LogP contribution in [0, 0.1) is 18.3 Å². The molecule has 2 aromatic rings. The fourth-order valence-electron chi connectivity index (χ4n) is 1.95. The second kappa shape index (κ2) is 7.77. The molecule has 0 spiro atoms. The van der Waals surface area contributed by atoms with Crippen molar-refractivity contribution >= 4 is 11.3 Å². The van der Waals surface area contributed by atoms with E-state index in [9.17, 15) is 0 Å². The SMILES string of the molecule is Cc1nc(CN(C)CCOc2ccc(CC#N)cc2)cs1. The van der Waals surface area contributed by atoms with E-state index >= 15 is 0 Å². The third kappa shape index (κ3) is 5.18. The Bertz CT molecular complexity index is 601. The third-order valence-electron chi connectivity index (χ3n) is 3.05. The number of rotatable bonds is 7. The zero-order valence-electron chi connectivity index (χ0n) is 12.4. The van der Waals surface area contributed by atoms with E-state index in [-0.39, 0.29) is 0 Å². The van der Waals surface area contributed by atoms with Gasteiger partial charge in [0.1, 0.15) is 12.4 Å². The van der Waals surface area contributed by atoms with Gasteiger partial charge in [0.25, 0.3) is 0 Å². The average Bonchev–Trinajstić information content (AvgIpc) is 2.86. The van der Waals surface area contributed by atoms with Crippen molar-refractivity contribution in [2.45, 2.75) is 19.9 Å². The number of aromatic nitrogens is 1. The highest BCUT2D eigenvalue weighted by Crippen LogP contribution is 2.13. The van der Waals surface area contributed by atoms with Crippen LogP contribution in [0.2, 0.25) is 0 Å². The molecule has 1 heterocycles. The maximum Gasteiger partial charge on any atom is 0.119 e. The van der Waals surface area contributed by atoms with Crippen LogP contribution in [-0.4, -0.2) is 30.1 Å². The van der Waals surface area contributed by atoms with Crippen LogP contribution >= 0.6 is 11.3 Å². The minimum Gasteiger partial charge on any atom is -0.492 e. The number of nitriles is 1. The predicted molar refractivity (Wildman–Crippen MR) is 84.4 cm³/mol. The Labute approximate surface area is 129 Å². The van der Waals surface area contributed by atoms with E-state index in [0.29, 0.717) is 13.0 Å². The molecule has 5 heteroatoms. The van der Waals surface area contributed by atoms with Crippen LogP contribution in [0.3, 0.4) is 0 Å². The van der Waals surface area contributed by atoms with Crippen LogP contribution in [0.5, 0.6) is 5.75 Å². The molecule has 4 nitrogen and oxygen atoms in total. The zero-order valence-corrected chi connectivity index (χ0v) is 13.2. The monoisotopic (exact) mass is 301 g/mol. The lowest BCUT2D eigenvalue weighted by Gasteiger charge is -2.15. The van der Waals surface area contributed by atoms with Gasteiger partial charge >= 0.3 is 0 Å². The van der Waals surface area contributed by atoms with E-state index in [4.69, 9.17) is 10.00 Å². The number of benzene rings is 1. The van der Waals surface area contributed by atoms with Crippen molar-refractivity contribution in [3.8, 4) is 11.8 Å². The Morgan fingerprint density at radius 3 is 2.71 bits per heavy atom. The summed E-state index contributed by atoms with van der Waals surface area (Å²) >= 11 is 1.68. The van der Waals surface area contributed by atoms with Crippen molar-refractivity contribution in [2.75, 3.05) is 20.2 Å². The minimum atomic E-state index is 0.441. The summed E-state index contributed by atoms with van der Waals surface area (Å²) in [6.45, 7) is 4.34. The van der Waals surface area contributed by atoms with Gasteiger partial charge in [-0.15, -0.1) is 11.3 Å². The molecule has 0 N–H and O–H groups in total. The predicted octanol–water partition coefficient (Wildman–Crippen LogP) is 3.03. The van der Waals surface area contributed by atoms with Gasteiger partial charge in [0.2, 0.25) is 0 Å². The van der Waals surface area contributed by atoms with Crippen LogP contribution in [0.25, 0.3) is 0 Å². The van der Waals surface area contributed by atoms with Crippen LogP contribution in [0.15, 0.2) is 29.6 Å². The average molecular weight is 301 g/mol. The van der Waals surface area contributed by atoms with Crippen LogP contribution in [0.1, 0.15) is 16.3 Å². The molecule has 0 amide bonds. The number of hydrogen-bond acceptors (Lipinski definition) is 5. The molecule has 0 unspecified atom stereocenters. The number of nitrogens with zero attached hydrogens (tertiary/aromatic N) is 3. The Morgan fingerprint density at radius 1 is 1.33 bits per heavy atom. The summed E-state index contributed by atoms with van der Waals surface area (Å²) in [5.74, 6) is 0.842. The molecule has 0 aliphatic carbocycles. The van der Waals surface area contributed by atoms with Gasteiger partial charge in [-0.1, -0.05) is 12.1 Å². The van der Waals surface area contributed by atoms with Gasteiger partial charge in [0.05, 0.1) is 23.2 Å². The lowest BCUT2D eigenvalue weighted by molar-refractivity contribution is 0.231. The van der Waals surface area contributed by atoms with Gasteiger partial charge in [0, 0.05) is 18.5 Å². The summed E-state index contributed by atoms with van der Waals surface area (Å²) in [5.41, 5.74) is 2.13. The molecule has 2 rings (SSSR count). The maximum atomic E-state index is 8.62. The van der Waals surface area contributed by atoms with Crippen molar-refractivity contribution < 1.29 is 4.74 Å². The lowest BCUT2D eigenvalue weighted by atomic mass is 10.2. The number of thiazole rings is 1. The summed E-state index contributed by atoms with van der Waals surface area (Å²) in [6, 6.07) is 9.82. The van der Waals surface area contributed by atoms with E-state index in [1.807, 2.05) is 31.2 Å². The Morgan fingerprint density at radius 2 is 2.10 bits per heavy atom. The number of likely N-dealkylation sites (N-methyl/N-ethyl adjacent to an activating group) is 1. The smallest absolute Gasteiger partial charge is 0.119 e. The summed E-state index contributed by atoms with van der Waals surface area (Å²) in [5, 5.41) is 11.8. The van der Waals surface area contributed by atoms with E-state index in [1.165, 1.54) is 0 Å². The second-order valence-electron chi connectivity index (χ2n) is 4.92. The number of ether oxygens (including phenoxy) is 1. The standard InChI is InChI=1S/C16H19N3OS/c1-13-18-15(12-21-13)11-19(2)9-10-20-16-5-3-14(4-6-16)7-8-17/h3-6,12H,7,9-11H2,1-2H3.